The van der Waals surface area contributed by atoms with Gasteiger partial charge in [0.15, 0.2) is 5.16 Å². The van der Waals surface area contributed by atoms with Gasteiger partial charge in [-0.05, 0) is 57.3 Å². The summed E-state index contributed by atoms with van der Waals surface area (Å²) in [5.41, 5.74) is 9.55. The molecule has 194 valence electrons. The van der Waals surface area contributed by atoms with E-state index in [1.165, 1.54) is 0 Å². The van der Waals surface area contributed by atoms with E-state index in [-0.39, 0.29) is 0 Å². The van der Waals surface area contributed by atoms with Crippen LogP contribution in [0.25, 0.3) is 22.5 Å². The molecule has 0 aliphatic heterocycles. The number of carbonyl (C=O) groups excluding carboxylic acids is 1. The maximum atomic E-state index is 12.3. The Morgan fingerprint density at radius 2 is 1.92 bits per heavy atom. The Bertz CT molecular complexity index is 1200. The monoisotopic (exact) mass is 527 g/mol. The van der Waals surface area contributed by atoms with E-state index in [9.17, 15) is 4.79 Å². The molecule has 0 fully saturated rings. The number of hydrogen-bond acceptors (Lipinski definition) is 7. The molecule has 1 amide bonds. The first-order chi connectivity index (χ1) is 16.9. The average Bonchev–Trinajstić information content (AvgIpc) is 3.13. The second-order valence-corrected chi connectivity index (χ2v) is 17.1. The Balaban J connectivity index is 2.03. The zero-order valence-corrected chi connectivity index (χ0v) is 24.0. The van der Waals surface area contributed by atoms with Gasteiger partial charge in [0.1, 0.15) is 18.1 Å². The van der Waals surface area contributed by atoms with Crippen LogP contribution in [-0.4, -0.2) is 47.2 Å². The highest BCUT2D eigenvalue weighted by molar-refractivity contribution is 7.98. The number of pyridine rings is 1. The van der Waals surface area contributed by atoms with Crippen LogP contribution in [0.1, 0.15) is 20.8 Å². The number of nitrogens with zero attached hydrogens (tertiary/aromatic N) is 3. The van der Waals surface area contributed by atoms with Crippen molar-refractivity contribution in [2.45, 2.75) is 63.9 Å². The zero-order valence-electron chi connectivity index (χ0n) is 22.2. The first-order valence-electron chi connectivity index (χ1n) is 11.9. The lowest BCUT2D eigenvalue weighted by molar-refractivity contribution is 0.0635. The SMILES string of the molecule is CSc1nc(-c2cccc(N)c2)c(-c2ccnc(NC(=O)OC(C)(C)C)c2)n1COCC[Si](C)(C)C. The maximum absolute atomic E-state index is 12.3. The quantitative estimate of drug-likeness (QED) is 0.140. The van der Waals surface area contributed by atoms with Crippen molar-refractivity contribution in [3.05, 3.63) is 42.6 Å². The lowest BCUT2D eigenvalue weighted by Crippen LogP contribution is -2.27. The number of anilines is 2. The van der Waals surface area contributed by atoms with Crippen molar-refractivity contribution in [3.8, 4) is 22.5 Å². The summed E-state index contributed by atoms with van der Waals surface area (Å²) >= 11 is 1.55. The van der Waals surface area contributed by atoms with Gasteiger partial charge in [0.05, 0.1) is 11.4 Å². The Morgan fingerprint density at radius 1 is 1.17 bits per heavy atom. The van der Waals surface area contributed by atoms with Gasteiger partial charge in [-0.3, -0.25) is 9.88 Å². The molecule has 0 aliphatic carbocycles. The molecule has 1 aromatic carbocycles. The summed E-state index contributed by atoms with van der Waals surface area (Å²) in [5.74, 6) is 0.387. The van der Waals surface area contributed by atoms with E-state index in [1.807, 2.05) is 63.4 Å². The molecule has 0 bridgehead atoms. The maximum Gasteiger partial charge on any atom is 0.413 e. The fourth-order valence-corrected chi connectivity index (χ4v) is 4.78. The number of hydrogen-bond donors (Lipinski definition) is 2. The number of benzene rings is 1. The van der Waals surface area contributed by atoms with Crippen LogP contribution in [0.2, 0.25) is 25.7 Å². The highest BCUT2D eigenvalue weighted by Crippen LogP contribution is 2.36. The van der Waals surface area contributed by atoms with Gasteiger partial charge in [-0.25, -0.2) is 14.8 Å². The summed E-state index contributed by atoms with van der Waals surface area (Å²) < 4.78 is 13.6. The number of aromatic nitrogens is 3. The summed E-state index contributed by atoms with van der Waals surface area (Å²) in [7, 11) is -1.22. The Kier molecular flexibility index (Phi) is 8.86. The highest BCUT2D eigenvalue weighted by Gasteiger charge is 2.22. The van der Waals surface area contributed by atoms with Gasteiger partial charge in [-0.15, -0.1) is 0 Å². The van der Waals surface area contributed by atoms with Crippen LogP contribution >= 0.6 is 11.8 Å². The van der Waals surface area contributed by atoms with Crippen LogP contribution in [-0.2, 0) is 16.2 Å². The van der Waals surface area contributed by atoms with E-state index in [4.69, 9.17) is 20.2 Å². The molecule has 2 aromatic heterocycles. The number of amides is 1. The van der Waals surface area contributed by atoms with Crippen molar-refractivity contribution >= 4 is 37.4 Å². The summed E-state index contributed by atoms with van der Waals surface area (Å²) in [6.45, 7) is 13.5. The van der Waals surface area contributed by atoms with Crippen molar-refractivity contribution in [2.24, 2.45) is 0 Å². The van der Waals surface area contributed by atoms with Gasteiger partial charge in [-0.1, -0.05) is 43.5 Å². The first-order valence-corrected chi connectivity index (χ1v) is 16.8. The summed E-state index contributed by atoms with van der Waals surface area (Å²) in [6.07, 6.45) is 3.10. The second-order valence-electron chi connectivity index (χ2n) is 10.8. The Hall–Kier alpha value is -2.82. The van der Waals surface area contributed by atoms with Crippen molar-refractivity contribution in [1.82, 2.24) is 14.5 Å². The minimum Gasteiger partial charge on any atom is -0.444 e. The van der Waals surface area contributed by atoms with Gasteiger partial charge in [0.25, 0.3) is 0 Å². The number of nitrogens with two attached hydrogens (primary N) is 1. The number of rotatable bonds is 9. The Labute approximate surface area is 219 Å². The van der Waals surface area contributed by atoms with E-state index in [0.29, 0.717) is 24.8 Å². The smallest absolute Gasteiger partial charge is 0.413 e. The molecule has 3 rings (SSSR count). The standard InChI is InChI=1S/C26H37N5O3SSi/c1-26(2,3)34-25(32)29-21-16-19(11-12-28-21)23-22(18-9-8-10-20(27)15-18)30-24(35-4)31(23)17-33-13-14-36(5,6)7/h8-12,15-16H,13-14,17,27H2,1-7H3,(H,28,29,32). The van der Waals surface area contributed by atoms with E-state index in [1.54, 1.807) is 18.0 Å². The molecule has 10 heteroatoms. The number of nitrogen functional groups attached to an aromatic ring is 1. The van der Waals surface area contributed by atoms with Gasteiger partial charge in [0, 0.05) is 37.7 Å². The van der Waals surface area contributed by atoms with Crippen molar-refractivity contribution in [3.63, 3.8) is 0 Å². The van der Waals surface area contributed by atoms with Gasteiger partial charge in [-0.2, -0.15) is 0 Å². The molecule has 0 saturated carbocycles. The third kappa shape index (κ3) is 7.84. The molecule has 2 heterocycles. The molecule has 0 radical (unpaired) electrons. The van der Waals surface area contributed by atoms with Gasteiger partial charge >= 0.3 is 6.09 Å². The van der Waals surface area contributed by atoms with Gasteiger partial charge in [0.2, 0.25) is 0 Å². The minimum atomic E-state index is -1.22. The molecule has 0 aliphatic rings. The topological polar surface area (TPSA) is 104 Å². The van der Waals surface area contributed by atoms with Gasteiger partial charge < -0.3 is 15.2 Å². The van der Waals surface area contributed by atoms with E-state index >= 15 is 0 Å². The fourth-order valence-electron chi connectivity index (χ4n) is 3.48. The zero-order chi connectivity index (χ0) is 26.5. The predicted octanol–water partition coefficient (Wildman–Crippen LogP) is 6.58. The van der Waals surface area contributed by atoms with Crippen LogP contribution < -0.4 is 11.1 Å². The molecule has 0 spiro atoms. The minimum absolute atomic E-state index is 0.364. The number of carbonyl (C=O) groups is 1. The van der Waals surface area contributed by atoms with Crippen LogP contribution in [0.3, 0.4) is 0 Å². The predicted molar refractivity (Wildman–Crippen MR) is 151 cm³/mol. The molecular weight excluding hydrogens is 490 g/mol. The van der Waals surface area contributed by atoms with Crippen molar-refractivity contribution in [2.75, 3.05) is 23.9 Å². The average molecular weight is 528 g/mol. The number of thioether (sulfide) groups is 1. The number of nitrogens with one attached hydrogen (secondary N) is 1. The molecule has 36 heavy (non-hydrogen) atoms. The van der Waals surface area contributed by atoms with Crippen LogP contribution in [0, 0.1) is 0 Å². The molecule has 3 N–H and O–H groups in total. The molecule has 0 saturated heterocycles. The van der Waals surface area contributed by atoms with Crippen LogP contribution in [0.15, 0.2) is 47.8 Å². The van der Waals surface area contributed by atoms with Crippen molar-refractivity contribution < 1.29 is 14.3 Å². The summed E-state index contributed by atoms with van der Waals surface area (Å²) in [5, 5.41) is 3.56. The molecule has 8 nitrogen and oxygen atoms in total. The second kappa shape index (κ2) is 11.5. The lowest BCUT2D eigenvalue weighted by atomic mass is 10.0. The largest absolute Gasteiger partial charge is 0.444 e. The summed E-state index contributed by atoms with van der Waals surface area (Å²) in [6, 6.07) is 12.5. The first kappa shape index (κ1) is 27.8. The lowest BCUT2D eigenvalue weighted by Gasteiger charge is -2.19. The molecule has 3 aromatic rings. The summed E-state index contributed by atoms with van der Waals surface area (Å²) in [4.78, 5) is 21.6. The number of imidazole rings is 1. The Morgan fingerprint density at radius 3 is 2.56 bits per heavy atom. The third-order valence-electron chi connectivity index (χ3n) is 5.15. The molecule has 0 unspecified atom stereocenters. The van der Waals surface area contributed by atoms with E-state index < -0.39 is 19.8 Å². The molecular formula is C26H37N5O3SSi. The van der Waals surface area contributed by atoms with E-state index in [2.05, 4.69) is 34.5 Å². The van der Waals surface area contributed by atoms with E-state index in [0.717, 1.165) is 33.7 Å². The molecule has 0 atom stereocenters. The van der Waals surface area contributed by atoms with Crippen molar-refractivity contribution in [1.29, 1.82) is 0 Å². The third-order valence-corrected chi connectivity index (χ3v) is 7.54. The highest BCUT2D eigenvalue weighted by atomic mass is 32.2. The van der Waals surface area contributed by atoms with Crippen LogP contribution in [0.5, 0.6) is 0 Å². The normalized spacial score (nSPS) is 12.0. The number of ether oxygens (including phenoxy) is 2. The van der Waals surface area contributed by atoms with Crippen LogP contribution in [0.4, 0.5) is 16.3 Å². The fraction of sp³-hybridized carbons (Fsp3) is 0.423.